The van der Waals surface area contributed by atoms with Gasteiger partial charge in [-0.25, -0.2) is 0 Å². The van der Waals surface area contributed by atoms with Crippen molar-refractivity contribution in [3.63, 3.8) is 0 Å². The van der Waals surface area contributed by atoms with Crippen LogP contribution >= 0.6 is 0 Å². The van der Waals surface area contributed by atoms with Crippen molar-refractivity contribution in [2.24, 2.45) is 5.92 Å². The van der Waals surface area contributed by atoms with Crippen LogP contribution < -0.4 is 5.32 Å². The number of amides is 1. The number of hydrogen-bond donors (Lipinski definition) is 2. The first-order valence-corrected chi connectivity index (χ1v) is 6.29. The number of fused-ring (bicyclic) bond motifs is 1. The van der Waals surface area contributed by atoms with Gasteiger partial charge in [0.2, 0.25) is 5.91 Å². The zero-order chi connectivity index (χ0) is 11.8. The minimum Gasteiger partial charge on any atom is -0.390 e. The van der Waals surface area contributed by atoms with E-state index in [9.17, 15) is 9.90 Å². The highest BCUT2D eigenvalue weighted by atomic mass is 16.3. The normalized spacial score (nSPS) is 26.6. The molecule has 17 heavy (non-hydrogen) atoms. The predicted molar refractivity (Wildman–Crippen MR) is 64.4 cm³/mol. The summed E-state index contributed by atoms with van der Waals surface area (Å²) in [6.45, 7) is 0. The maximum Gasteiger partial charge on any atom is 0.220 e. The Labute approximate surface area is 101 Å². The molecule has 2 N–H and O–H groups in total. The first-order valence-electron chi connectivity index (χ1n) is 6.29. The van der Waals surface area contributed by atoms with E-state index in [0.717, 1.165) is 11.1 Å². The molecule has 0 aromatic heterocycles. The summed E-state index contributed by atoms with van der Waals surface area (Å²) in [5, 5.41) is 13.0. The molecule has 0 radical (unpaired) electrons. The van der Waals surface area contributed by atoms with Gasteiger partial charge in [0.1, 0.15) is 0 Å². The van der Waals surface area contributed by atoms with Crippen LogP contribution in [0.3, 0.4) is 0 Å². The fourth-order valence-corrected chi connectivity index (χ4v) is 2.56. The Balaban J connectivity index is 1.71. The van der Waals surface area contributed by atoms with E-state index in [2.05, 4.69) is 5.32 Å². The Morgan fingerprint density at radius 1 is 1.35 bits per heavy atom. The molecule has 90 valence electrons. The van der Waals surface area contributed by atoms with Gasteiger partial charge in [0.15, 0.2) is 0 Å². The van der Waals surface area contributed by atoms with Crippen molar-refractivity contribution >= 4 is 5.91 Å². The monoisotopic (exact) mass is 231 g/mol. The summed E-state index contributed by atoms with van der Waals surface area (Å²) in [4.78, 5) is 11.8. The first kappa shape index (κ1) is 10.8. The van der Waals surface area contributed by atoms with Crippen LogP contribution in [0.4, 0.5) is 0 Å². The minimum atomic E-state index is -0.476. The lowest BCUT2D eigenvalue weighted by Gasteiger charge is -2.17. The van der Waals surface area contributed by atoms with Crippen LogP contribution in [0.5, 0.6) is 0 Å². The summed E-state index contributed by atoms with van der Waals surface area (Å²) in [5.74, 6) is 0.664. The molecule has 3 nitrogen and oxygen atoms in total. The van der Waals surface area contributed by atoms with Crippen molar-refractivity contribution in [1.82, 2.24) is 5.32 Å². The summed E-state index contributed by atoms with van der Waals surface area (Å²) >= 11 is 0. The third-order valence-electron chi connectivity index (χ3n) is 3.69. The number of carbonyl (C=O) groups is 1. The summed E-state index contributed by atoms with van der Waals surface area (Å²) in [5.41, 5.74) is 2.22. The predicted octanol–water partition coefficient (Wildman–Crippen LogP) is 1.56. The molecule has 2 aliphatic rings. The zero-order valence-electron chi connectivity index (χ0n) is 9.73. The average Bonchev–Trinajstić information content (AvgIpc) is 3.05. The first-order chi connectivity index (χ1) is 8.24. The van der Waals surface area contributed by atoms with Crippen molar-refractivity contribution in [2.75, 3.05) is 0 Å². The van der Waals surface area contributed by atoms with Crippen LogP contribution in [0.25, 0.3) is 0 Å². The van der Waals surface area contributed by atoms with Gasteiger partial charge >= 0.3 is 0 Å². The number of benzene rings is 1. The molecule has 1 aromatic rings. The smallest absolute Gasteiger partial charge is 0.220 e. The van der Waals surface area contributed by atoms with Crippen molar-refractivity contribution in [3.05, 3.63) is 35.4 Å². The van der Waals surface area contributed by atoms with Gasteiger partial charge < -0.3 is 10.4 Å². The Hall–Kier alpha value is -1.35. The Morgan fingerprint density at radius 2 is 2.12 bits per heavy atom. The van der Waals surface area contributed by atoms with Gasteiger partial charge in [-0.1, -0.05) is 24.3 Å². The van der Waals surface area contributed by atoms with Gasteiger partial charge in [-0.15, -0.1) is 0 Å². The van der Waals surface area contributed by atoms with Crippen LogP contribution in [0.2, 0.25) is 0 Å². The van der Waals surface area contributed by atoms with Crippen molar-refractivity contribution < 1.29 is 9.90 Å². The maximum absolute atomic E-state index is 11.8. The van der Waals surface area contributed by atoms with Crippen molar-refractivity contribution in [1.29, 1.82) is 0 Å². The zero-order valence-corrected chi connectivity index (χ0v) is 9.73. The summed E-state index contributed by atoms with van der Waals surface area (Å²) in [7, 11) is 0. The molecular weight excluding hydrogens is 214 g/mol. The SMILES string of the molecule is O=C(CC1CC1)N[C@H]1c2ccccc2C[C@H]1O. The summed E-state index contributed by atoms with van der Waals surface area (Å²) < 4.78 is 0. The van der Waals surface area contributed by atoms with Gasteiger partial charge in [0.25, 0.3) is 0 Å². The van der Waals surface area contributed by atoms with Gasteiger partial charge in [0.05, 0.1) is 12.1 Å². The number of carbonyl (C=O) groups excluding carboxylic acids is 1. The third-order valence-corrected chi connectivity index (χ3v) is 3.69. The number of nitrogens with one attached hydrogen (secondary N) is 1. The molecular formula is C14H17NO2. The highest BCUT2D eigenvalue weighted by molar-refractivity contribution is 5.77. The molecule has 2 aliphatic carbocycles. The van der Waals surface area contributed by atoms with E-state index >= 15 is 0 Å². The molecule has 0 saturated heterocycles. The fraction of sp³-hybridized carbons (Fsp3) is 0.500. The number of rotatable bonds is 3. The lowest BCUT2D eigenvalue weighted by molar-refractivity contribution is -0.122. The molecule has 3 heteroatoms. The van der Waals surface area contributed by atoms with Crippen LogP contribution in [-0.2, 0) is 11.2 Å². The average molecular weight is 231 g/mol. The molecule has 0 bridgehead atoms. The molecule has 1 saturated carbocycles. The fourth-order valence-electron chi connectivity index (χ4n) is 2.56. The standard InChI is InChI=1S/C14H17NO2/c16-12-8-10-3-1-2-4-11(10)14(12)15-13(17)7-9-5-6-9/h1-4,9,12,14,16H,5-8H2,(H,15,17)/t12-,14+/m1/s1. The molecule has 0 aliphatic heterocycles. The van der Waals surface area contributed by atoms with E-state index in [1.54, 1.807) is 0 Å². The second-order valence-corrected chi connectivity index (χ2v) is 5.16. The van der Waals surface area contributed by atoms with Gasteiger partial charge in [-0.05, 0) is 29.9 Å². The quantitative estimate of drug-likeness (QED) is 0.829. The number of aliphatic hydroxyl groups excluding tert-OH is 1. The van der Waals surface area contributed by atoms with E-state index in [1.165, 1.54) is 12.8 Å². The molecule has 3 rings (SSSR count). The Kier molecular flexibility index (Phi) is 2.63. The van der Waals surface area contributed by atoms with E-state index in [0.29, 0.717) is 18.8 Å². The lowest BCUT2D eigenvalue weighted by Crippen LogP contribution is -2.33. The van der Waals surface area contributed by atoms with Crippen molar-refractivity contribution in [3.8, 4) is 0 Å². The van der Waals surface area contributed by atoms with E-state index < -0.39 is 6.10 Å². The molecule has 1 amide bonds. The number of aliphatic hydroxyl groups is 1. The molecule has 0 unspecified atom stereocenters. The molecule has 0 spiro atoms. The Bertz CT molecular complexity index is 440. The van der Waals surface area contributed by atoms with E-state index in [-0.39, 0.29) is 11.9 Å². The third kappa shape index (κ3) is 2.20. The largest absolute Gasteiger partial charge is 0.390 e. The lowest BCUT2D eigenvalue weighted by atomic mass is 10.1. The number of hydrogen-bond acceptors (Lipinski definition) is 2. The summed E-state index contributed by atoms with van der Waals surface area (Å²) in [6, 6.07) is 7.73. The highest BCUT2D eigenvalue weighted by Gasteiger charge is 2.33. The maximum atomic E-state index is 11.8. The van der Waals surface area contributed by atoms with Crippen LogP contribution in [-0.4, -0.2) is 17.1 Å². The second-order valence-electron chi connectivity index (χ2n) is 5.16. The Morgan fingerprint density at radius 3 is 2.88 bits per heavy atom. The van der Waals surface area contributed by atoms with E-state index in [4.69, 9.17) is 0 Å². The second kappa shape index (κ2) is 4.15. The molecule has 0 heterocycles. The molecule has 1 aromatic carbocycles. The summed E-state index contributed by atoms with van der Waals surface area (Å²) in [6.07, 6.45) is 3.14. The van der Waals surface area contributed by atoms with Gasteiger partial charge in [-0.2, -0.15) is 0 Å². The van der Waals surface area contributed by atoms with Gasteiger partial charge in [-0.3, -0.25) is 4.79 Å². The highest BCUT2D eigenvalue weighted by Crippen LogP contribution is 2.34. The van der Waals surface area contributed by atoms with Crippen LogP contribution in [0.15, 0.2) is 24.3 Å². The van der Waals surface area contributed by atoms with Crippen molar-refractivity contribution in [2.45, 2.75) is 37.8 Å². The molecule has 1 fully saturated rings. The molecule has 2 atom stereocenters. The van der Waals surface area contributed by atoms with Crippen LogP contribution in [0.1, 0.15) is 36.4 Å². The topological polar surface area (TPSA) is 49.3 Å². The van der Waals surface area contributed by atoms with Gasteiger partial charge in [0, 0.05) is 12.8 Å². The van der Waals surface area contributed by atoms with E-state index in [1.807, 2.05) is 24.3 Å². The minimum absolute atomic E-state index is 0.0771. The van der Waals surface area contributed by atoms with Crippen LogP contribution in [0, 0.1) is 5.92 Å².